The normalized spacial score (nSPS) is 10.7. The fourth-order valence-electron chi connectivity index (χ4n) is 2.39. The zero-order chi connectivity index (χ0) is 16.2. The number of carbonyl (C=O) groups excluding carboxylic acids is 1. The molecule has 1 heterocycles. The van der Waals surface area contributed by atoms with Crippen molar-refractivity contribution in [1.29, 1.82) is 0 Å². The van der Waals surface area contributed by atoms with Crippen LogP contribution in [0.4, 0.5) is 5.82 Å². The molecule has 3 rings (SSSR count). The molecule has 0 aliphatic heterocycles. The SMILES string of the molecule is COc1ccc(CCNC(=O)c2ccc3[nH]nc(N)c3c2)cc1. The number of nitrogens with zero attached hydrogens (tertiary/aromatic N) is 1. The molecule has 0 spiro atoms. The van der Waals surface area contributed by atoms with Crippen LogP contribution in [0.25, 0.3) is 10.9 Å². The number of hydrogen-bond donors (Lipinski definition) is 3. The van der Waals surface area contributed by atoms with Gasteiger partial charge in [-0.15, -0.1) is 0 Å². The number of nitrogens with one attached hydrogen (secondary N) is 2. The van der Waals surface area contributed by atoms with Crippen molar-refractivity contribution in [2.75, 3.05) is 19.4 Å². The number of hydrogen-bond acceptors (Lipinski definition) is 4. The topological polar surface area (TPSA) is 93.0 Å². The molecule has 6 heteroatoms. The third kappa shape index (κ3) is 3.26. The van der Waals surface area contributed by atoms with Gasteiger partial charge < -0.3 is 15.8 Å². The Morgan fingerprint density at radius 2 is 2.04 bits per heavy atom. The molecule has 0 unspecified atom stereocenters. The molecule has 0 bridgehead atoms. The van der Waals surface area contributed by atoms with Gasteiger partial charge in [0.2, 0.25) is 0 Å². The summed E-state index contributed by atoms with van der Waals surface area (Å²) >= 11 is 0. The first-order chi connectivity index (χ1) is 11.2. The predicted octanol–water partition coefficient (Wildman–Crippen LogP) is 2.13. The molecule has 6 nitrogen and oxygen atoms in total. The molecular formula is C17H18N4O2. The lowest BCUT2D eigenvalue weighted by atomic mass is 10.1. The second kappa shape index (κ2) is 6.39. The predicted molar refractivity (Wildman–Crippen MR) is 89.5 cm³/mol. The zero-order valence-electron chi connectivity index (χ0n) is 12.8. The minimum absolute atomic E-state index is 0.124. The summed E-state index contributed by atoms with van der Waals surface area (Å²) in [5.74, 6) is 1.10. The van der Waals surface area contributed by atoms with Crippen LogP contribution in [0.1, 0.15) is 15.9 Å². The summed E-state index contributed by atoms with van der Waals surface area (Å²) in [7, 11) is 1.64. The summed E-state index contributed by atoms with van der Waals surface area (Å²) in [6.45, 7) is 0.560. The van der Waals surface area contributed by atoms with Crippen LogP contribution < -0.4 is 15.8 Å². The number of nitrogen functional groups attached to an aromatic ring is 1. The van der Waals surface area contributed by atoms with E-state index in [1.54, 1.807) is 25.3 Å². The van der Waals surface area contributed by atoms with E-state index in [2.05, 4.69) is 15.5 Å². The highest BCUT2D eigenvalue weighted by Crippen LogP contribution is 2.19. The molecule has 118 valence electrons. The van der Waals surface area contributed by atoms with E-state index in [0.29, 0.717) is 17.9 Å². The molecule has 0 saturated heterocycles. The largest absolute Gasteiger partial charge is 0.497 e. The third-order valence-electron chi connectivity index (χ3n) is 3.71. The van der Waals surface area contributed by atoms with Gasteiger partial charge in [0.05, 0.1) is 12.6 Å². The lowest BCUT2D eigenvalue weighted by molar-refractivity contribution is 0.0954. The van der Waals surface area contributed by atoms with Gasteiger partial charge in [0, 0.05) is 17.5 Å². The summed E-state index contributed by atoms with van der Waals surface area (Å²) in [5.41, 5.74) is 8.29. The summed E-state index contributed by atoms with van der Waals surface area (Å²) < 4.78 is 5.12. The van der Waals surface area contributed by atoms with Crippen LogP contribution in [0, 0.1) is 0 Å². The van der Waals surface area contributed by atoms with E-state index >= 15 is 0 Å². The summed E-state index contributed by atoms with van der Waals surface area (Å²) in [5, 5.41) is 10.4. The molecule has 3 aromatic rings. The van der Waals surface area contributed by atoms with Gasteiger partial charge in [-0.05, 0) is 42.3 Å². The van der Waals surface area contributed by atoms with Gasteiger partial charge in [-0.3, -0.25) is 9.89 Å². The van der Waals surface area contributed by atoms with E-state index in [9.17, 15) is 4.79 Å². The lowest BCUT2D eigenvalue weighted by Gasteiger charge is -2.06. The summed E-state index contributed by atoms with van der Waals surface area (Å²) in [6, 6.07) is 13.1. The maximum absolute atomic E-state index is 12.2. The first-order valence-electron chi connectivity index (χ1n) is 7.32. The molecule has 1 aromatic heterocycles. The number of ether oxygens (including phenoxy) is 1. The monoisotopic (exact) mass is 310 g/mol. The molecule has 2 aromatic carbocycles. The van der Waals surface area contributed by atoms with E-state index < -0.39 is 0 Å². The molecule has 0 saturated carbocycles. The number of fused-ring (bicyclic) bond motifs is 1. The van der Waals surface area contributed by atoms with E-state index in [4.69, 9.17) is 10.5 Å². The fourth-order valence-corrected chi connectivity index (χ4v) is 2.39. The smallest absolute Gasteiger partial charge is 0.251 e. The Labute approximate surface area is 133 Å². The van der Waals surface area contributed by atoms with Crippen molar-refractivity contribution < 1.29 is 9.53 Å². The lowest BCUT2D eigenvalue weighted by Crippen LogP contribution is -2.25. The standard InChI is InChI=1S/C17H18N4O2/c1-23-13-5-2-11(3-6-13)8-9-19-17(22)12-4-7-15-14(10-12)16(18)21-20-15/h2-7,10H,8-9H2,1H3,(H,19,22)(H3,18,20,21). The zero-order valence-corrected chi connectivity index (χ0v) is 12.8. The number of aromatic nitrogens is 2. The van der Waals surface area contributed by atoms with Gasteiger partial charge in [-0.25, -0.2) is 0 Å². The van der Waals surface area contributed by atoms with Gasteiger partial charge in [0.15, 0.2) is 5.82 Å². The molecule has 23 heavy (non-hydrogen) atoms. The highest BCUT2D eigenvalue weighted by atomic mass is 16.5. The van der Waals surface area contributed by atoms with Crippen LogP contribution in [0.3, 0.4) is 0 Å². The summed E-state index contributed by atoms with van der Waals surface area (Å²) in [6.07, 6.45) is 0.756. The Morgan fingerprint density at radius 3 is 2.78 bits per heavy atom. The molecule has 0 aliphatic rings. The van der Waals surface area contributed by atoms with Crippen LogP contribution in [-0.2, 0) is 6.42 Å². The Morgan fingerprint density at radius 1 is 1.26 bits per heavy atom. The first kappa shape index (κ1) is 14.9. The quantitative estimate of drug-likeness (QED) is 0.673. The molecule has 0 fully saturated rings. The minimum Gasteiger partial charge on any atom is -0.497 e. The Kier molecular flexibility index (Phi) is 4.14. The number of carbonyl (C=O) groups is 1. The Balaban J connectivity index is 1.60. The van der Waals surface area contributed by atoms with Crippen molar-refractivity contribution in [1.82, 2.24) is 15.5 Å². The van der Waals surface area contributed by atoms with Crippen molar-refractivity contribution in [3.63, 3.8) is 0 Å². The van der Waals surface area contributed by atoms with Crippen molar-refractivity contribution >= 4 is 22.6 Å². The number of amides is 1. The molecule has 0 aliphatic carbocycles. The average Bonchev–Trinajstić information content (AvgIpc) is 2.96. The summed E-state index contributed by atoms with van der Waals surface area (Å²) in [4.78, 5) is 12.2. The molecule has 1 amide bonds. The van der Waals surface area contributed by atoms with Gasteiger partial charge in [-0.2, -0.15) is 5.10 Å². The van der Waals surface area contributed by atoms with Crippen LogP contribution >= 0.6 is 0 Å². The van der Waals surface area contributed by atoms with E-state index in [-0.39, 0.29) is 5.91 Å². The number of anilines is 1. The van der Waals surface area contributed by atoms with E-state index in [0.717, 1.165) is 28.6 Å². The van der Waals surface area contributed by atoms with Gasteiger partial charge >= 0.3 is 0 Å². The number of methoxy groups -OCH3 is 1. The Bertz CT molecular complexity index is 824. The third-order valence-corrected chi connectivity index (χ3v) is 3.71. The maximum Gasteiger partial charge on any atom is 0.251 e. The number of aromatic amines is 1. The van der Waals surface area contributed by atoms with Crippen LogP contribution in [0.2, 0.25) is 0 Å². The maximum atomic E-state index is 12.2. The van der Waals surface area contributed by atoms with Crippen molar-refractivity contribution in [3.05, 3.63) is 53.6 Å². The highest BCUT2D eigenvalue weighted by molar-refractivity contribution is 6.00. The van der Waals surface area contributed by atoms with E-state index in [1.807, 2.05) is 24.3 Å². The van der Waals surface area contributed by atoms with Crippen molar-refractivity contribution in [2.24, 2.45) is 0 Å². The number of benzene rings is 2. The van der Waals surface area contributed by atoms with E-state index in [1.165, 1.54) is 0 Å². The van der Waals surface area contributed by atoms with Crippen LogP contribution in [0.5, 0.6) is 5.75 Å². The van der Waals surface area contributed by atoms with Gasteiger partial charge in [0.25, 0.3) is 5.91 Å². The Hall–Kier alpha value is -3.02. The second-order valence-corrected chi connectivity index (χ2v) is 5.22. The van der Waals surface area contributed by atoms with Crippen LogP contribution in [0.15, 0.2) is 42.5 Å². The second-order valence-electron chi connectivity index (χ2n) is 5.22. The number of H-pyrrole nitrogens is 1. The fraction of sp³-hybridized carbons (Fsp3) is 0.176. The number of rotatable bonds is 5. The molecule has 4 N–H and O–H groups in total. The van der Waals surface area contributed by atoms with Gasteiger partial charge in [0.1, 0.15) is 5.75 Å². The van der Waals surface area contributed by atoms with Crippen molar-refractivity contribution in [2.45, 2.75) is 6.42 Å². The average molecular weight is 310 g/mol. The van der Waals surface area contributed by atoms with Crippen molar-refractivity contribution in [3.8, 4) is 5.75 Å². The number of nitrogens with two attached hydrogens (primary N) is 1. The molecular weight excluding hydrogens is 292 g/mol. The minimum atomic E-state index is -0.124. The first-order valence-corrected chi connectivity index (χ1v) is 7.32. The molecule has 0 radical (unpaired) electrons. The van der Waals surface area contributed by atoms with Gasteiger partial charge in [-0.1, -0.05) is 12.1 Å². The van der Waals surface area contributed by atoms with Crippen LogP contribution in [-0.4, -0.2) is 29.8 Å². The highest BCUT2D eigenvalue weighted by Gasteiger charge is 2.09. The molecule has 0 atom stereocenters.